The van der Waals surface area contributed by atoms with Crippen molar-refractivity contribution in [2.75, 3.05) is 13.7 Å². The lowest BCUT2D eigenvalue weighted by Crippen LogP contribution is -2.10. The Morgan fingerprint density at radius 2 is 1.79 bits per heavy atom. The fraction of sp³-hybridized carbons (Fsp3) is 0.276. The summed E-state index contributed by atoms with van der Waals surface area (Å²) in [5.74, 6) is 3.24. The van der Waals surface area contributed by atoms with Crippen molar-refractivity contribution in [1.29, 1.82) is 0 Å². The smallest absolute Gasteiger partial charge is 0.161 e. The third-order valence-corrected chi connectivity index (χ3v) is 5.83. The molecule has 0 aliphatic carbocycles. The van der Waals surface area contributed by atoms with Crippen LogP contribution in [0.1, 0.15) is 28.9 Å². The van der Waals surface area contributed by atoms with Gasteiger partial charge in [0.15, 0.2) is 11.5 Å². The quantitative estimate of drug-likeness (QED) is 0.192. The van der Waals surface area contributed by atoms with Gasteiger partial charge in [-0.25, -0.2) is 4.98 Å². The Balaban J connectivity index is 1.47. The average molecular weight is 457 g/mol. The lowest BCUT2D eigenvalue weighted by Gasteiger charge is -2.14. The van der Waals surface area contributed by atoms with E-state index in [2.05, 4.69) is 49.3 Å². The molecule has 34 heavy (non-hydrogen) atoms. The van der Waals surface area contributed by atoms with Gasteiger partial charge in [-0.05, 0) is 73.7 Å². The number of fused-ring (bicyclic) bond motifs is 1. The molecule has 0 spiro atoms. The molecular formula is C29H32N2O3. The van der Waals surface area contributed by atoms with Crippen molar-refractivity contribution in [2.45, 2.75) is 39.8 Å². The van der Waals surface area contributed by atoms with Crippen molar-refractivity contribution in [3.63, 3.8) is 0 Å². The second kappa shape index (κ2) is 10.9. The van der Waals surface area contributed by atoms with Gasteiger partial charge in [-0.1, -0.05) is 36.4 Å². The zero-order valence-electron chi connectivity index (χ0n) is 20.2. The predicted molar refractivity (Wildman–Crippen MR) is 137 cm³/mol. The van der Waals surface area contributed by atoms with E-state index in [0.717, 1.165) is 53.1 Å². The number of hydrogen-bond donors (Lipinski definition) is 0. The molecule has 1 heterocycles. The SMILES string of the molecule is C=CCc1ccc(OCc2nc3ccccc3n2CCCOc2cc(C)ccc2C)c(OC)c1. The summed E-state index contributed by atoms with van der Waals surface area (Å²) in [5.41, 5.74) is 5.55. The fourth-order valence-electron chi connectivity index (χ4n) is 4.02. The Hall–Kier alpha value is -3.73. The van der Waals surface area contributed by atoms with E-state index in [4.69, 9.17) is 19.2 Å². The van der Waals surface area contributed by atoms with Gasteiger partial charge < -0.3 is 18.8 Å². The molecule has 0 aliphatic heterocycles. The summed E-state index contributed by atoms with van der Waals surface area (Å²) in [4.78, 5) is 4.84. The van der Waals surface area contributed by atoms with Crippen molar-refractivity contribution in [3.8, 4) is 17.2 Å². The van der Waals surface area contributed by atoms with E-state index < -0.39 is 0 Å². The zero-order chi connectivity index (χ0) is 23.9. The molecule has 0 atom stereocenters. The number of methoxy groups -OCH3 is 1. The molecule has 0 saturated heterocycles. The Morgan fingerprint density at radius 3 is 2.62 bits per heavy atom. The molecule has 0 saturated carbocycles. The Bertz CT molecular complexity index is 1280. The maximum Gasteiger partial charge on any atom is 0.161 e. The summed E-state index contributed by atoms with van der Waals surface area (Å²) in [6.45, 7) is 9.74. The van der Waals surface area contributed by atoms with Crippen LogP contribution in [0.2, 0.25) is 0 Å². The molecule has 0 unspecified atom stereocenters. The van der Waals surface area contributed by atoms with Gasteiger partial charge in [-0.3, -0.25) is 0 Å². The van der Waals surface area contributed by atoms with E-state index in [-0.39, 0.29) is 0 Å². The molecule has 5 nitrogen and oxygen atoms in total. The molecular weight excluding hydrogens is 424 g/mol. The van der Waals surface area contributed by atoms with E-state index in [1.54, 1.807) is 7.11 Å². The van der Waals surface area contributed by atoms with Gasteiger partial charge in [-0.2, -0.15) is 0 Å². The molecule has 5 heteroatoms. The first-order chi connectivity index (χ1) is 16.6. The first kappa shape index (κ1) is 23.4. The van der Waals surface area contributed by atoms with Gasteiger partial charge in [0.1, 0.15) is 18.2 Å². The second-order valence-corrected chi connectivity index (χ2v) is 8.41. The molecule has 3 aromatic carbocycles. The normalized spacial score (nSPS) is 10.9. The first-order valence-electron chi connectivity index (χ1n) is 11.6. The van der Waals surface area contributed by atoms with Crippen LogP contribution in [0.15, 0.2) is 73.3 Å². The number of imidazole rings is 1. The van der Waals surface area contributed by atoms with Crippen LogP contribution in [0.25, 0.3) is 11.0 Å². The van der Waals surface area contributed by atoms with Crippen LogP contribution in [0, 0.1) is 13.8 Å². The molecule has 0 bridgehead atoms. The van der Waals surface area contributed by atoms with Crippen LogP contribution in [-0.4, -0.2) is 23.3 Å². The highest BCUT2D eigenvalue weighted by Crippen LogP contribution is 2.29. The topological polar surface area (TPSA) is 45.5 Å². The summed E-state index contributed by atoms with van der Waals surface area (Å²) < 4.78 is 20.0. The van der Waals surface area contributed by atoms with E-state index in [9.17, 15) is 0 Å². The van der Waals surface area contributed by atoms with Gasteiger partial charge in [0.25, 0.3) is 0 Å². The van der Waals surface area contributed by atoms with Gasteiger partial charge in [0, 0.05) is 6.54 Å². The van der Waals surface area contributed by atoms with E-state index in [1.807, 2.05) is 42.5 Å². The maximum absolute atomic E-state index is 6.16. The third-order valence-electron chi connectivity index (χ3n) is 5.83. The largest absolute Gasteiger partial charge is 0.493 e. The van der Waals surface area contributed by atoms with Crippen molar-refractivity contribution >= 4 is 11.0 Å². The van der Waals surface area contributed by atoms with Gasteiger partial charge >= 0.3 is 0 Å². The minimum Gasteiger partial charge on any atom is -0.493 e. The predicted octanol–water partition coefficient (Wildman–Crippen LogP) is 6.44. The highest BCUT2D eigenvalue weighted by atomic mass is 16.5. The zero-order valence-corrected chi connectivity index (χ0v) is 20.2. The van der Waals surface area contributed by atoms with Crippen molar-refractivity contribution < 1.29 is 14.2 Å². The number of rotatable bonds is 11. The average Bonchev–Trinajstić information content (AvgIpc) is 3.20. The van der Waals surface area contributed by atoms with Gasteiger partial charge in [-0.15, -0.1) is 6.58 Å². The van der Waals surface area contributed by atoms with Crippen LogP contribution < -0.4 is 14.2 Å². The summed E-state index contributed by atoms with van der Waals surface area (Å²) in [6.07, 6.45) is 3.53. The minimum atomic E-state index is 0.351. The molecule has 1 aromatic heterocycles. The van der Waals surface area contributed by atoms with Crippen molar-refractivity contribution in [1.82, 2.24) is 9.55 Å². The number of benzene rings is 3. The van der Waals surface area contributed by atoms with E-state index >= 15 is 0 Å². The summed E-state index contributed by atoms with van der Waals surface area (Å²) in [6, 6.07) is 20.5. The maximum atomic E-state index is 6.16. The number of para-hydroxylation sites is 2. The fourth-order valence-corrected chi connectivity index (χ4v) is 4.02. The number of hydrogen-bond acceptors (Lipinski definition) is 4. The Kier molecular flexibility index (Phi) is 7.53. The molecule has 0 fully saturated rings. The lowest BCUT2D eigenvalue weighted by molar-refractivity contribution is 0.267. The Morgan fingerprint density at radius 1 is 0.941 bits per heavy atom. The molecule has 0 radical (unpaired) electrons. The van der Waals surface area contributed by atoms with Crippen molar-refractivity contribution in [3.05, 3.63) is 95.8 Å². The van der Waals surface area contributed by atoms with Crippen LogP contribution in [0.4, 0.5) is 0 Å². The first-order valence-corrected chi connectivity index (χ1v) is 11.6. The van der Waals surface area contributed by atoms with E-state index in [1.165, 1.54) is 5.56 Å². The summed E-state index contributed by atoms with van der Waals surface area (Å²) in [5, 5.41) is 0. The number of aromatic nitrogens is 2. The molecule has 4 aromatic rings. The van der Waals surface area contributed by atoms with E-state index in [0.29, 0.717) is 24.7 Å². The van der Waals surface area contributed by atoms with Crippen LogP contribution in [-0.2, 0) is 19.6 Å². The summed E-state index contributed by atoms with van der Waals surface area (Å²) in [7, 11) is 1.66. The third kappa shape index (κ3) is 5.42. The van der Waals surface area contributed by atoms with Crippen LogP contribution in [0.3, 0.4) is 0 Å². The summed E-state index contributed by atoms with van der Waals surface area (Å²) >= 11 is 0. The lowest BCUT2D eigenvalue weighted by atomic mass is 10.1. The van der Waals surface area contributed by atoms with Crippen LogP contribution >= 0.6 is 0 Å². The standard InChI is InChI=1S/C29H32N2O3/c1-5-9-23-14-15-26(28(19-23)32-4)34-20-29-30-24-10-6-7-11-25(24)31(29)16-8-17-33-27-18-21(2)12-13-22(27)3/h5-7,10-15,18-19H,1,8-9,16-17,20H2,2-4H3. The number of nitrogens with zero attached hydrogens (tertiary/aromatic N) is 2. The van der Waals surface area contributed by atoms with Crippen molar-refractivity contribution in [2.24, 2.45) is 0 Å². The highest BCUT2D eigenvalue weighted by molar-refractivity contribution is 5.75. The highest BCUT2D eigenvalue weighted by Gasteiger charge is 2.13. The monoisotopic (exact) mass is 456 g/mol. The molecule has 0 aliphatic rings. The van der Waals surface area contributed by atoms with Gasteiger partial charge in [0.05, 0.1) is 24.8 Å². The minimum absolute atomic E-state index is 0.351. The van der Waals surface area contributed by atoms with Gasteiger partial charge in [0.2, 0.25) is 0 Å². The number of ether oxygens (including phenoxy) is 3. The molecule has 176 valence electrons. The second-order valence-electron chi connectivity index (χ2n) is 8.41. The number of aryl methyl sites for hydroxylation is 3. The molecule has 4 rings (SSSR count). The van der Waals surface area contributed by atoms with Crippen LogP contribution in [0.5, 0.6) is 17.2 Å². The molecule has 0 N–H and O–H groups in total. The number of allylic oxidation sites excluding steroid dienone is 1. The Labute approximate surface area is 201 Å². The molecule has 0 amide bonds.